The molecule has 3 aliphatic carbocycles. The van der Waals surface area contributed by atoms with Gasteiger partial charge in [0.05, 0.1) is 12.2 Å². The summed E-state index contributed by atoms with van der Waals surface area (Å²) in [5, 5.41) is 40.1. The summed E-state index contributed by atoms with van der Waals surface area (Å²) in [6, 6.07) is 8.48. The number of aliphatic hydroxyl groups is 4. The van der Waals surface area contributed by atoms with E-state index in [2.05, 4.69) is 0 Å². The van der Waals surface area contributed by atoms with E-state index in [4.69, 9.17) is 14.2 Å². The quantitative estimate of drug-likeness (QED) is 0.441. The summed E-state index contributed by atoms with van der Waals surface area (Å²) in [7, 11) is 0. The van der Waals surface area contributed by atoms with Gasteiger partial charge in [0, 0.05) is 11.3 Å². The zero-order valence-corrected chi connectivity index (χ0v) is 17.9. The van der Waals surface area contributed by atoms with Crippen LogP contribution in [0.3, 0.4) is 0 Å². The maximum absolute atomic E-state index is 12.6. The Bertz CT molecular complexity index is 913. The number of carbonyl (C=O) groups is 2. The monoisotopic (exact) mass is 448 g/mol. The van der Waals surface area contributed by atoms with Crippen molar-refractivity contribution in [2.45, 2.75) is 56.6 Å². The molecule has 174 valence electrons. The fourth-order valence-electron chi connectivity index (χ4n) is 5.08. The van der Waals surface area contributed by atoms with E-state index in [1.807, 2.05) is 0 Å². The fourth-order valence-corrected chi connectivity index (χ4v) is 5.08. The second kappa shape index (κ2) is 8.33. The maximum atomic E-state index is 12.6. The van der Waals surface area contributed by atoms with Crippen LogP contribution in [0.15, 0.2) is 42.0 Å². The summed E-state index contributed by atoms with van der Waals surface area (Å²) in [6.07, 6.45) is -5.40. The molecule has 0 aromatic heterocycles. The molecule has 1 saturated heterocycles. The summed E-state index contributed by atoms with van der Waals surface area (Å²) in [4.78, 5) is 25.1. The molecule has 1 saturated carbocycles. The van der Waals surface area contributed by atoms with E-state index in [1.54, 1.807) is 44.2 Å². The van der Waals surface area contributed by atoms with Crippen LogP contribution in [0.2, 0.25) is 0 Å². The number of hydrogen-bond acceptors (Lipinski definition) is 9. The Morgan fingerprint density at radius 3 is 2.47 bits per heavy atom. The molecule has 8 atom stereocenters. The first-order valence-electron chi connectivity index (χ1n) is 10.6. The molecule has 4 N–H and O–H groups in total. The van der Waals surface area contributed by atoms with E-state index in [0.717, 1.165) is 0 Å². The van der Waals surface area contributed by atoms with Crippen molar-refractivity contribution in [2.24, 2.45) is 11.3 Å². The number of carbonyl (C=O) groups excluding carboxylic acids is 2. The van der Waals surface area contributed by atoms with E-state index >= 15 is 0 Å². The molecule has 1 aromatic rings. The van der Waals surface area contributed by atoms with Crippen LogP contribution in [-0.4, -0.2) is 81.7 Å². The summed E-state index contributed by atoms with van der Waals surface area (Å²) >= 11 is 0. The molecule has 9 nitrogen and oxygen atoms in total. The third-order valence-corrected chi connectivity index (χ3v) is 7.20. The van der Waals surface area contributed by atoms with Gasteiger partial charge in [0.25, 0.3) is 0 Å². The van der Waals surface area contributed by atoms with Crippen molar-refractivity contribution in [3.8, 4) is 0 Å². The highest BCUT2D eigenvalue weighted by atomic mass is 16.7. The third kappa shape index (κ3) is 3.40. The molecule has 0 spiro atoms. The fraction of sp³-hybridized carbons (Fsp3) is 0.565. The highest BCUT2D eigenvalue weighted by molar-refractivity contribution is 5.97. The van der Waals surface area contributed by atoms with Crippen LogP contribution >= 0.6 is 0 Å². The molecule has 4 aliphatic rings. The minimum atomic E-state index is -1.59. The maximum Gasteiger partial charge on any atom is 0.338 e. The van der Waals surface area contributed by atoms with E-state index in [0.29, 0.717) is 17.6 Å². The Kier molecular flexibility index (Phi) is 6.00. The van der Waals surface area contributed by atoms with Gasteiger partial charge in [-0.3, -0.25) is 4.79 Å². The zero-order chi connectivity index (χ0) is 23.3. The van der Waals surface area contributed by atoms with Crippen LogP contribution in [0.1, 0.15) is 30.6 Å². The first-order chi connectivity index (χ1) is 15.1. The zero-order valence-electron chi connectivity index (χ0n) is 17.9. The molecule has 1 aromatic carbocycles. The van der Waals surface area contributed by atoms with Crippen molar-refractivity contribution in [2.75, 3.05) is 13.2 Å². The first kappa shape index (κ1) is 23.0. The number of rotatable bonds is 6. The van der Waals surface area contributed by atoms with Crippen LogP contribution < -0.4 is 0 Å². The van der Waals surface area contributed by atoms with Crippen LogP contribution in [0.4, 0.5) is 0 Å². The van der Waals surface area contributed by atoms with Gasteiger partial charge in [-0.05, 0) is 37.1 Å². The van der Waals surface area contributed by atoms with E-state index < -0.39 is 60.2 Å². The number of fused-ring (bicyclic) bond motifs is 1. The van der Waals surface area contributed by atoms with Gasteiger partial charge >= 0.3 is 5.97 Å². The van der Waals surface area contributed by atoms with E-state index in [-0.39, 0.29) is 12.4 Å². The summed E-state index contributed by atoms with van der Waals surface area (Å²) in [5.41, 5.74) is -1.08. The minimum absolute atomic E-state index is 0.0972. The second-order valence-electron chi connectivity index (χ2n) is 8.99. The van der Waals surface area contributed by atoms with Gasteiger partial charge in [0.2, 0.25) is 0 Å². The van der Waals surface area contributed by atoms with Crippen LogP contribution in [0.25, 0.3) is 0 Å². The molecular formula is C23H28O9. The van der Waals surface area contributed by atoms with Crippen molar-refractivity contribution in [3.63, 3.8) is 0 Å². The number of benzene rings is 1. The van der Waals surface area contributed by atoms with Crippen molar-refractivity contribution in [1.29, 1.82) is 0 Å². The Labute approximate surface area is 185 Å². The highest BCUT2D eigenvalue weighted by Gasteiger charge is 2.70. The number of hydrogen-bond donors (Lipinski definition) is 4. The van der Waals surface area contributed by atoms with Gasteiger partial charge in [0.15, 0.2) is 12.1 Å². The molecule has 5 rings (SSSR count). The number of aliphatic hydroxyl groups excluding tert-OH is 4. The molecule has 2 bridgehead atoms. The molecule has 2 fully saturated rings. The van der Waals surface area contributed by atoms with E-state index in [9.17, 15) is 30.0 Å². The topological polar surface area (TPSA) is 143 Å². The van der Waals surface area contributed by atoms with Gasteiger partial charge in [-0.1, -0.05) is 25.1 Å². The van der Waals surface area contributed by atoms with E-state index in [1.165, 1.54) is 6.08 Å². The number of ether oxygens (including phenoxy) is 3. The SMILES string of the molecule is CC1=CC(=O)[C@H]2C[C@@]1(O[C@@H]1O[C@H](CO)[C@@H](O)[C@H](O)[C@H]1O)C2(C)COC(=O)c1ccccc1. The first-order valence-corrected chi connectivity index (χ1v) is 10.6. The van der Waals surface area contributed by atoms with Gasteiger partial charge in [-0.25, -0.2) is 4.79 Å². The molecule has 1 heterocycles. The lowest BCUT2D eigenvalue weighted by molar-refractivity contribution is -0.357. The summed E-state index contributed by atoms with van der Waals surface area (Å²) in [6.45, 7) is 2.80. The Hall–Kier alpha value is -2.14. The van der Waals surface area contributed by atoms with Crippen LogP contribution in [0.5, 0.6) is 0 Å². The van der Waals surface area contributed by atoms with Gasteiger partial charge in [0.1, 0.15) is 36.6 Å². The second-order valence-corrected chi connectivity index (χ2v) is 8.99. The molecule has 9 heteroatoms. The number of ketones is 1. The Balaban J connectivity index is 1.58. The van der Waals surface area contributed by atoms with Gasteiger partial charge in [-0.2, -0.15) is 0 Å². The standard InChI is InChI=1S/C23H28O9/c1-12-8-15(25)14-9-23(12,32-21-19(28)18(27)17(26)16(10-24)31-21)22(14,2)11-30-20(29)13-6-4-3-5-7-13/h3-8,14,16-19,21,24,26-28H,9-11H2,1-2H3/t14-,16-,17-,18+,19-,21+,22?,23+/m1/s1. The predicted octanol–water partition coefficient (Wildman–Crippen LogP) is -0.0461. The molecule has 32 heavy (non-hydrogen) atoms. The third-order valence-electron chi connectivity index (χ3n) is 7.20. The average molecular weight is 448 g/mol. The van der Waals surface area contributed by atoms with Crippen molar-refractivity contribution >= 4 is 11.8 Å². The molecule has 1 unspecified atom stereocenters. The predicted molar refractivity (Wildman–Crippen MR) is 109 cm³/mol. The van der Waals surface area contributed by atoms with Crippen LogP contribution in [0, 0.1) is 11.3 Å². The normalized spacial score (nSPS) is 40.9. The number of allylic oxidation sites excluding steroid dienone is 1. The van der Waals surface area contributed by atoms with Crippen molar-refractivity contribution in [3.05, 3.63) is 47.5 Å². The average Bonchev–Trinajstić information content (AvgIpc) is 2.79. The largest absolute Gasteiger partial charge is 0.461 e. The molecule has 0 amide bonds. The smallest absolute Gasteiger partial charge is 0.338 e. The lowest BCUT2D eigenvalue weighted by atomic mass is 9.44. The van der Waals surface area contributed by atoms with Crippen LogP contribution in [-0.2, 0) is 19.0 Å². The Morgan fingerprint density at radius 2 is 1.84 bits per heavy atom. The Morgan fingerprint density at radius 1 is 1.16 bits per heavy atom. The summed E-state index contributed by atoms with van der Waals surface area (Å²) < 4.78 is 17.3. The van der Waals surface area contributed by atoms with Crippen molar-refractivity contribution in [1.82, 2.24) is 0 Å². The van der Waals surface area contributed by atoms with Crippen molar-refractivity contribution < 1.29 is 44.2 Å². The molecule has 0 radical (unpaired) electrons. The minimum Gasteiger partial charge on any atom is -0.461 e. The highest BCUT2D eigenvalue weighted by Crippen LogP contribution is 2.63. The molecule has 1 aliphatic heterocycles. The summed E-state index contributed by atoms with van der Waals surface area (Å²) in [5.74, 6) is -1.09. The molecular weight excluding hydrogens is 420 g/mol. The lowest BCUT2D eigenvalue weighted by Gasteiger charge is -2.65. The lowest BCUT2D eigenvalue weighted by Crippen LogP contribution is -2.73. The van der Waals surface area contributed by atoms with Gasteiger partial charge in [-0.15, -0.1) is 0 Å². The van der Waals surface area contributed by atoms with Gasteiger partial charge < -0.3 is 34.6 Å². The number of esters is 1.